The van der Waals surface area contributed by atoms with Crippen LogP contribution >= 0.6 is 11.6 Å². The smallest absolute Gasteiger partial charge is 0.412 e. The molecule has 0 fully saturated rings. The molecule has 1 amide bonds. The third kappa shape index (κ3) is 5.20. The van der Waals surface area contributed by atoms with Gasteiger partial charge in [0.05, 0.1) is 22.7 Å². The van der Waals surface area contributed by atoms with Crippen LogP contribution < -0.4 is 11.1 Å². The van der Waals surface area contributed by atoms with Crippen LogP contribution in [0.25, 0.3) is 0 Å². The lowest BCUT2D eigenvalue weighted by atomic mass is 9.89. The average Bonchev–Trinajstić information content (AvgIpc) is 2.54. The third-order valence-electron chi connectivity index (χ3n) is 3.58. The van der Waals surface area contributed by atoms with Gasteiger partial charge in [0, 0.05) is 0 Å². The highest BCUT2D eigenvalue weighted by atomic mass is 35.5. The molecule has 0 aliphatic heterocycles. The summed E-state index contributed by atoms with van der Waals surface area (Å²) in [5.74, 6) is -1.04. The molecule has 0 radical (unpaired) electrons. The largest absolute Gasteiger partial charge is 0.481 e. The molecule has 1 atom stereocenters. The van der Waals surface area contributed by atoms with Gasteiger partial charge < -0.3 is 15.6 Å². The van der Waals surface area contributed by atoms with E-state index in [1.807, 2.05) is 30.3 Å². The zero-order valence-corrected chi connectivity index (χ0v) is 14.4. The molecule has 0 aliphatic carbocycles. The number of benzene rings is 2. The molecule has 0 aromatic heterocycles. The van der Waals surface area contributed by atoms with Crippen LogP contribution in [0, 0.1) is 0 Å². The number of carbonyl (C=O) groups is 2. The Balaban J connectivity index is 2.08. The van der Waals surface area contributed by atoms with E-state index in [4.69, 9.17) is 27.2 Å². The van der Waals surface area contributed by atoms with E-state index in [-0.39, 0.29) is 18.1 Å². The van der Waals surface area contributed by atoms with Crippen LogP contribution in [0.2, 0.25) is 5.02 Å². The molecule has 0 saturated carbocycles. The molecule has 0 saturated heterocycles. The molecule has 25 heavy (non-hydrogen) atoms. The fourth-order valence-corrected chi connectivity index (χ4v) is 2.74. The van der Waals surface area contributed by atoms with Crippen molar-refractivity contribution in [1.82, 2.24) is 0 Å². The van der Waals surface area contributed by atoms with Crippen LogP contribution in [-0.4, -0.2) is 17.2 Å². The van der Waals surface area contributed by atoms with Crippen LogP contribution in [0.15, 0.2) is 48.5 Å². The van der Waals surface area contributed by atoms with Crippen LogP contribution in [0.3, 0.4) is 0 Å². The number of aliphatic carboxylic acids is 1. The van der Waals surface area contributed by atoms with Gasteiger partial charge in [0.15, 0.2) is 0 Å². The Labute approximate surface area is 150 Å². The second-order valence-corrected chi connectivity index (χ2v) is 6.22. The summed E-state index contributed by atoms with van der Waals surface area (Å²) in [7, 11) is 0. The van der Waals surface area contributed by atoms with Crippen molar-refractivity contribution in [2.75, 3.05) is 5.32 Å². The van der Waals surface area contributed by atoms with E-state index in [2.05, 4.69) is 5.32 Å². The zero-order valence-electron chi connectivity index (χ0n) is 13.7. The van der Waals surface area contributed by atoms with E-state index in [1.54, 1.807) is 25.1 Å². The summed E-state index contributed by atoms with van der Waals surface area (Å²) in [5, 5.41) is 11.7. The molecule has 0 heterocycles. The summed E-state index contributed by atoms with van der Waals surface area (Å²) in [6.07, 6.45) is -0.964. The number of carboxylic acids is 1. The molecule has 7 heteroatoms. The number of halogens is 1. The molecule has 0 bridgehead atoms. The fraction of sp³-hybridized carbons (Fsp3) is 0.222. The monoisotopic (exact) mass is 362 g/mol. The fourth-order valence-electron chi connectivity index (χ4n) is 2.35. The molecule has 2 aromatic carbocycles. The minimum atomic E-state index is -1.17. The van der Waals surface area contributed by atoms with E-state index in [0.717, 1.165) is 5.56 Å². The third-order valence-corrected chi connectivity index (χ3v) is 3.99. The maximum Gasteiger partial charge on any atom is 0.412 e. The summed E-state index contributed by atoms with van der Waals surface area (Å²) in [5.41, 5.74) is 6.48. The number of carboxylic acid groups (broad SMARTS) is 1. The normalized spacial score (nSPS) is 12.9. The molecule has 0 aliphatic rings. The van der Waals surface area contributed by atoms with Crippen LogP contribution in [-0.2, 0) is 21.7 Å². The topological polar surface area (TPSA) is 102 Å². The minimum absolute atomic E-state index is 0.123. The van der Waals surface area contributed by atoms with Gasteiger partial charge in [-0.2, -0.15) is 0 Å². The maximum atomic E-state index is 12.0. The van der Waals surface area contributed by atoms with Gasteiger partial charge in [-0.1, -0.05) is 54.1 Å². The van der Waals surface area contributed by atoms with Gasteiger partial charge in [-0.15, -0.1) is 0 Å². The number of anilines is 1. The molecule has 2 aromatic rings. The molecular weight excluding hydrogens is 344 g/mol. The Morgan fingerprint density at radius 1 is 1.20 bits per heavy atom. The molecule has 0 unspecified atom stereocenters. The number of ether oxygens (including phenoxy) is 1. The summed E-state index contributed by atoms with van der Waals surface area (Å²) in [6.45, 7) is 1.69. The van der Waals surface area contributed by atoms with Crippen molar-refractivity contribution in [2.45, 2.75) is 25.5 Å². The van der Waals surface area contributed by atoms with E-state index in [0.29, 0.717) is 11.3 Å². The second kappa shape index (κ2) is 8.00. The van der Waals surface area contributed by atoms with E-state index in [9.17, 15) is 9.59 Å². The Bertz CT molecular complexity index is 763. The number of hydrogen-bond donors (Lipinski definition) is 3. The van der Waals surface area contributed by atoms with Crippen LogP contribution in [0.1, 0.15) is 24.5 Å². The molecule has 6 nitrogen and oxygen atoms in total. The number of carbonyl (C=O) groups excluding carboxylic acids is 1. The number of rotatable bonds is 6. The first-order valence-electron chi connectivity index (χ1n) is 7.57. The van der Waals surface area contributed by atoms with Crippen molar-refractivity contribution in [3.8, 4) is 0 Å². The second-order valence-electron chi connectivity index (χ2n) is 5.84. The highest BCUT2D eigenvalue weighted by Crippen LogP contribution is 2.34. The average molecular weight is 363 g/mol. The predicted molar refractivity (Wildman–Crippen MR) is 95.5 cm³/mol. The summed E-state index contributed by atoms with van der Waals surface area (Å²) in [4.78, 5) is 22.9. The van der Waals surface area contributed by atoms with Crippen molar-refractivity contribution in [3.05, 3.63) is 64.7 Å². The van der Waals surface area contributed by atoms with Gasteiger partial charge in [0.25, 0.3) is 0 Å². The number of hydrogen-bond acceptors (Lipinski definition) is 4. The van der Waals surface area contributed by atoms with Gasteiger partial charge in [0.1, 0.15) is 6.61 Å². The van der Waals surface area contributed by atoms with E-state index >= 15 is 0 Å². The van der Waals surface area contributed by atoms with Crippen molar-refractivity contribution in [1.29, 1.82) is 0 Å². The van der Waals surface area contributed by atoms with Gasteiger partial charge in [-0.05, 0) is 24.1 Å². The quantitative estimate of drug-likeness (QED) is 0.726. The lowest BCUT2D eigenvalue weighted by molar-refractivity contribution is -0.138. The number of nitrogens with one attached hydrogen (secondary N) is 1. The van der Waals surface area contributed by atoms with Gasteiger partial charge in [-0.3, -0.25) is 10.1 Å². The standard InChI is InChI=1S/C18H19ClN2O4/c1-18(20,10-15(22)23)13-8-5-9-14(16(13)19)21-17(24)25-11-12-6-3-2-4-7-12/h2-9H,10-11,20H2,1H3,(H,21,24)(H,22,23)/t18-/m0/s1. The summed E-state index contributed by atoms with van der Waals surface area (Å²) in [6, 6.07) is 14.1. The van der Waals surface area contributed by atoms with Crippen molar-refractivity contribution in [2.24, 2.45) is 5.73 Å². The lowest BCUT2D eigenvalue weighted by Gasteiger charge is -2.25. The SMILES string of the molecule is C[C@](N)(CC(=O)O)c1cccc(NC(=O)OCc2ccccc2)c1Cl. The molecule has 4 N–H and O–H groups in total. The van der Waals surface area contributed by atoms with Crippen molar-refractivity contribution in [3.63, 3.8) is 0 Å². The molecule has 0 spiro atoms. The Hall–Kier alpha value is -2.57. The van der Waals surface area contributed by atoms with Gasteiger partial charge in [-0.25, -0.2) is 4.79 Å². The Kier molecular flexibility index (Phi) is 6.01. The molecule has 132 valence electrons. The molecular formula is C18H19ClN2O4. The lowest BCUT2D eigenvalue weighted by Crippen LogP contribution is -2.36. The van der Waals surface area contributed by atoms with Gasteiger partial charge in [0.2, 0.25) is 0 Å². The first kappa shape index (κ1) is 18.8. The first-order valence-corrected chi connectivity index (χ1v) is 7.95. The van der Waals surface area contributed by atoms with E-state index < -0.39 is 17.6 Å². The highest BCUT2D eigenvalue weighted by molar-refractivity contribution is 6.34. The van der Waals surface area contributed by atoms with Crippen molar-refractivity contribution < 1.29 is 19.4 Å². The maximum absolute atomic E-state index is 12.0. The van der Waals surface area contributed by atoms with Crippen molar-refractivity contribution >= 4 is 29.4 Å². The Morgan fingerprint density at radius 3 is 2.52 bits per heavy atom. The minimum Gasteiger partial charge on any atom is -0.481 e. The van der Waals surface area contributed by atoms with E-state index in [1.165, 1.54) is 0 Å². The molecule has 2 rings (SSSR count). The first-order chi connectivity index (χ1) is 11.8. The summed E-state index contributed by atoms with van der Waals surface area (Å²) < 4.78 is 5.14. The van der Waals surface area contributed by atoms with Crippen LogP contribution in [0.5, 0.6) is 0 Å². The Morgan fingerprint density at radius 2 is 1.88 bits per heavy atom. The number of nitrogens with two attached hydrogens (primary N) is 1. The van der Waals surface area contributed by atoms with Crippen LogP contribution in [0.4, 0.5) is 10.5 Å². The predicted octanol–water partition coefficient (Wildman–Crippen LogP) is 3.74. The highest BCUT2D eigenvalue weighted by Gasteiger charge is 2.28. The zero-order chi connectivity index (χ0) is 18.4. The number of amides is 1. The summed E-state index contributed by atoms with van der Waals surface area (Å²) >= 11 is 6.29. The van der Waals surface area contributed by atoms with Gasteiger partial charge >= 0.3 is 12.1 Å².